The SMILES string of the molecule is O=C(/C=C/c1ccccc1O)OC(=O)C(O)CO. The van der Waals surface area contributed by atoms with E-state index in [1.807, 2.05) is 0 Å². The quantitative estimate of drug-likeness (QED) is 0.390. The second kappa shape index (κ2) is 6.53. The maximum absolute atomic E-state index is 11.2. The molecule has 0 saturated heterocycles. The molecule has 0 fully saturated rings. The first-order valence-electron chi connectivity index (χ1n) is 5.05. The summed E-state index contributed by atoms with van der Waals surface area (Å²) >= 11 is 0. The first-order valence-corrected chi connectivity index (χ1v) is 5.05. The summed E-state index contributed by atoms with van der Waals surface area (Å²) in [4.78, 5) is 22.1. The average Bonchev–Trinajstić information content (AvgIpc) is 2.36. The second-order valence-corrected chi connectivity index (χ2v) is 3.33. The standard InChI is InChI=1S/C12H12O6/c13-7-10(15)12(17)18-11(16)6-5-8-3-1-2-4-9(8)14/h1-6,10,13-15H,7H2/b6-5+. The molecule has 3 N–H and O–H groups in total. The lowest BCUT2D eigenvalue weighted by Crippen LogP contribution is -2.28. The number of rotatable bonds is 4. The highest BCUT2D eigenvalue weighted by molar-refractivity contribution is 5.96. The molecule has 0 aliphatic heterocycles. The van der Waals surface area contributed by atoms with Gasteiger partial charge in [0.25, 0.3) is 0 Å². The van der Waals surface area contributed by atoms with E-state index in [1.165, 1.54) is 12.1 Å². The molecule has 1 aromatic carbocycles. The molecule has 1 rings (SSSR count). The zero-order valence-corrected chi connectivity index (χ0v) is 9.31. The van der Waals surface area contributed by atoms with Crippen LogP contribution in [0.2, 0.25) is 0 Å². The van der Waals surface area contributed by atoms with Gasteiger partial charge in [-0.2, -0.15) is 0 Å². The molecule has 1 unspecified atom stereocenters. The summed E-state index contributed by atoms with van der Waals surface area (Å²) in [6, 6.07) is 6.27. The van der Waals surface area contributed by atoms with Crippen LogP contribution in [-0.4, -0.2) is 40.0 Å². The lowest BCUT2D eigenvalue weighted by Gasteiger charge is -2.04. The van der Waals surface area contributed by atoms with Crippen molar-refractivity contribution < 1.29 is 29.6 Å². The largest absolute Gasteiger partial charge is 0.507 e. The van der Waals surface area contributed by atoms with Crippen LogP contribution >= 0.6 is 0 Å². The fraction of sp³-hybridized carbons (Fsp3) is 0.167. The number of carbonyl (C=O) groups is 2. The minimum Gasteiger partial charge on any atom is -0.507 e. The van der Waals surface area contributed by atoms with Gasteiger partial charge in [-0.25, -0.2) is 9.59 Å². The molecule has 0 aliphatic carbocycles. The van der Waals surface area contributed by atoms with Crippen LogP contribution in [0.3, 0.4) is 0 Å². The van der Waals surface area contributed by atoms with E-state index >= 15 is 0 Å². The molecule has 0 spiro atoms. The van der Waals surface area contributed by atoms with E-state index in [9.17, 15) is 14.7 Å². The predicted molar refractivity (Wildman–Crippen MR) is 61.3 cm³/mol. The molecule has 0 saturated carbocycles. The third kappa shape index (κ3) is 4.00. The van der Waals surface area contributed by atoms with Gasteiger partial charge in [0.2, 0.25) is 0 Å². The van der Waals surface area contributed by atoms with E-state index in [0.29, 0.717) is 5.56 Å². The Morgan fingerprint density at radius 2 is 2.00 bits per heavy atom. The van der Waals surface area contributed by atoms with Crippen molar-refractivity contribution in [3.8, 4) is 5.75 Å². The van der Waals surface area contributed by atoms with Crippen molar-refractivity contribution in [3.63, 3.8) is 0 Å². The molecule has 0 heterocycles. The Hall–Kier alpha value is -2.18. The van der Waals surface area contributed by atoms with Crippen molar-refractivity contribution >= 4 is 18.0 Å². The number of aromatic hydroxyl groups is 1. The van der Waals surface area contributed by atoms with E-state index in [2.05, 4.69) is 4.74 Å². The Balaban J connectivity index is 2.61. The van der Waals surface area contributed by atoms with Crippen LogP contribution < -0.4 is 0 Å². The molecular weight excluding hydrogens is 240 g/mol. The van der Waals surface area contributed by atoms with Gasteiger partial charge in [-0.15, -0.1) is 0 Å². The maximum atomic E-state index is 11.2. The summed E-state index contributed by atoms with van der Waals surface area (Å²) in [5.74, 6) is -2.26. The van der Waals surface area contributed by atoms with Crippen LogP contribution in [0.4, 0.5) is 0 Å². The summed E-state index contributed by atoms with van der Waals surface area (Å²) in [5.41, 5.74) is 0.379. The fourth-order valence-electron chi connectivity index (χ4n) is 1.06. The maximum Gasteiger partial charge on any atom is 0.345 e. The van der Waals surface area contributed by atoms with Crippen LogP contribution in [0, 0.1) is 0 Å². The summed E-state index contributed by atoms with van der Waals surface area (Å²) in [6.07, 6.45) is 0.445. The molecule has 6 heteroatoms. The Morgan fingerprint density at radius 1 is 1.33 bits per heavy atom. The molecular formula is C12H12O6. The minimum atomic E-state index is -1.74. The van der Waals surface area contributed by atoms with Gasteiger partial charge in [0, 0.05) is 11.6 Å². The number of aliphatic hydroxyl groups excluding tert-OH is 2. The zero-order valence-electron chi connectivity index (χ0n) is 9.31. The van der Waals surface area contributed by atoms with E-state index in [0.717, 1.165) is 6.08 Å². The molecule has 6 nitrogen and oxygen atoms in total. The van der Waals surface area contributed by atoms with Gasteiger partial charge in [-0.1, -0.05) is 18.2 Å². The van der Waals surface area contributed by atoms with Gasteiger partial charge in [-0.05, 0) is 12.1 Å². The van der Waals surface area contributed by atoms with Crippen LogP contribution in [0.15, 0.2) is 30.3 Å². The first-order chi connectivity index (χ1) is 8.54. The molecule has 96 valence electrons. The Labute approximate surface area is 103 Å². The average molecular weight is 252 g/mol. The number of esters is 2. The van der Waals surface area contributed by atoms with Crippen LogP contribution in [0.25, 0.3) is 6.08 Å². The summed E-state index contributed by atoms with van der Waals surface area (Å²) in [7, 11) is 0. The van der Waals surface area contributed by atoms with Gasteiger partial charge >= 0.3 is 11.9 Å². The number of hydrogen-bond donors (Lipinski definition) is 3. The highest BCUT2D eigenvalue weighted by Crippen LogP contribution is 2.16. The lowest BCUT2D eigenvalue weighted by molar-refractivity contribution is -0.164. The molecule has 0 amide bonds. The van der Waals surface area contributed by atoms with Crippen molar-refractivity contribution in [3.05, 3.63) is 35.9 Å². The highest BCUT2D eigenvalue weighted by atomic mass is 16.6. The Bertz CT molecular complexity index is 465. The van der Waals surface area contributed by atoms with Crippen molar-refractivity contribution in [1.29, 1.82) is 0 Å². The van der Waals surface area contributed by atoms with Gasteiger partial charge in [0.05, 0.1) is 6.61 Å². The molecule has 0 radical (unpaired) electrons. The number of aliphatic hydroxyl groups is 2. The molecule has 0 bridgehead atoms. The molecule has 1 atom stereocenters. The zero-order chi connectivity index (χ0) is 13.5. The summed E-state index contributed by atoms with van der Waals surface area (Å²) in [6.45, 7) is -0.824. The van der Waals surface area contributed by atoms with Crippen LogP contribution in [-0.2, 0) is 14.3 Å². The first kappa shape index (κ1) is 13.9. The topological polar surface area (TPSA) is 104 Å². The summed E-state index contributed by atoms with van der Waals surface area (Å²) in [5, 5.41) is 26.7. The molecule has 1 aromatic rings. The van der Waals surface area contributed by atoms with Crippen molar-refractivity contribution in [1.82, 2.24) is 0 Å². The van der Waals surface area contributed by atoms with Crippen molar-refractivity contribution in [2.75, 3.05) is 6.61 Å². The monoisotopic (exact) mass is 252 g/mol. The van der Waals surface area contributed by atoms with Gasteiger partial charge < -0.3 is 20.1 Å². The Kier molecular flexibility index (Phi) is 5.04. The highest BCUT2D eigenvalue weighted by Gasteiger charge is 2.17. The van der Waals surface area contributed by atoms with E-state index in [-0.39, 0.29) is 5.75 Å². The number of ether oxygens (including phenoxy) is 1. The van der Waals surface area contributed by atoms with Gasteiger partial charge in [0.1, 0.15) is 5.75 Å². The summed E-state index contributed by atoms with van der Waals surface area (Å²) < 4.78 is 4.21. The van der Waals surface area contributed by atoms with E-state index in [1.54, 1.807) is 18.2 Å². The van der Waals surface area contributed by atoms with E-state index in [4.69, 9.17) is 10.2 Å². The van der Waals surface area contributed by atoms with Crippen LogP contribution in [0.1, 0.15) is 5.56 Å². The number of phenolic OH excluding ortho intramolecular Hbond substituents is 1. The number of carbonyl (C=O) groups excluding carboxylic acids is 2. The third-order valence-corrected chi connectivity index (χ3v) is 1.98. The van der Waals surface area contributed by atoms with Crippen molar-refractivity contribution in [2.45, 2.75) is 6.10 Å². The predicted octanol–water partition coefficient (Wildman–Crippen LogP) is -0.172. The third-order valence-electron chi connectivity index (χ3n) is 1.98. The second-order valence-electron chi connectivity index (χ2n) is 3.33. The van der Waals surface area contributed by atoms with Crippen LogP contribution in [0.5, 0.6) is 5.75 Å². The number of benzene rings is 1. The molecule has 0 aromatic heterocycles. The Morgan fingerprint density at radius 3 is 2.61 bits per heavy atom. The number of phenols is 1. The lowest BCUT2D eigenvalue weighted by atomic mass is 10.2. The molecule has 0 aliphatic rings. The normalized spacial score (nSPS) is 12.3. The van der Waals surface area contributed by atoms with E-state index < -0.39 is 24.6 Å². The molecule has 18 heavy (non-hydrogen) atoms. The fourth-order valence-corrected chi connectivity index (χ4v) is 1.06. The number of para-hydroxylation sites is 1. The number of hydrogen-bond acceptors (Lipinski definition) is 6. The van der Waals surface area contributed by atoms with Crippen molar-refractivity contribution in [2.24, 2.45) is 0 Å². The van der Waals surface area contributed by atoms with Gasteiger partial charge in [-0.3, -0.25) is 0 Å². The minimum absolute atomic E-state index is 0.0248. The van der Waals surface area contributed by atoms with Gasteiger partial charge in [0.15, 0.2) is 6.10 Å². The smallest absolute Gasteiger partial charge is 0.345 e.